The Morgan fingerprint density at radius 2 is 2.26 bits per heavy atom. The standard InChI is InChI=1S/C17H24N4O2/c1-5-13(17(2,3)23)20-16(22)11-8-18-15-14(11)19-12(9-21(15)4)10-6-7-10/h8-10,13,23H,5-7H2,1-4H3,(H,20,22)/p+1. The van der Waals surface area contributed by atoms with Crippen LogP contribution in [0.5, 0.6) is 0 Å². The van der Waals surface area contributed by atoms with Gasteiger partial charge in [-0.15, -0.1) is 0 Å². The molecule has 2 aromatic heterocycles. The van der Waals surface area contributed by atoms with E-state index < -0.39 is 5.60 Å². The number of amides is 1. The highest BCUT2D eigenvalue weighted by atomic mass is 16.3. The summed E-state index contributed by atoms with van der Waals surface area (Å²) < 4.78 is 1.99. The van der Waals surface area contributed by atoms with Crippen molar-refractivity contribution in [1.82, 2.24) is 15.3 Å². The number of nitrogens with zero attached hydrogens (tertiary/aromatic N) is 2. The minimum Gasteiger partial charge on any atom is -0.388 e. The predicted octanol–water partition coefficient (Wildman–Crippen LogP) is 1.54. The average Bonchev–Trinajstić information content (AvgIpc) is 3.23. The first-order valence-corrected chi connectivity index (χ1v) is 8.22. The molecule has 0 saturated heterocycles. The van der Waals surface area contributed by atoms with Gasteiger partial charge in [-0.1, -0.05) is 6.92 Å². The molecule has 0 radical (unpaired) electrons. The Labute approximate surface area is 135 Å². The highest BCUT2D eigenvalue weighted by Crippen LogP contribution is 2.38. The number of hydrogen-bond donors (Lipinski definition) is 3. The molecular formula is C17H25N4O2+. The largest absolute Gasteiger partial charge is 0.388 e. The third-order valence-electron chi connectivity index (χ3n) is 4.56. The van der Waals surface area contributed by atoms with Crippen molar-refractivity contribution in [1.29, 1.82) is 0 Å². The number of hydrogen-bond acceptors (Lipinski definition) is 3. The summed E-state index contributed by atoms with van der Waals surface area (Å²) in [7, 11) is 1.96. The molecule has 1 unspecified atom stereocenters. The fraction of sp³-hybridized carbons (Fsp3) is 0.588. The van der Waals surface area contributed by atoms with E-state index in [0.29, 0.717) is 23.4 Å². The lowest BCUT2D eigenvalue weighted by molar-refractivity contribution is -0.647. The molecule has 6 nitrogen and oxygen atoms in total. The van der Waals surface area contributed by atoms with Crippen molar-refractivity contribution >= 4 is 17.1 Å². The van der Waals surface area contributed by atoms with Gasteiger partial charge < -0.3 is 10.4 Å². The number of nitrogens with one attached hydrogen (secondary N) is 2. The predicted molar refractivity (Wildman–Crippen MR) is 87.1 cm³/mol. The molecule has 3 rings (SSSR count). The first-order valence-electron chi connectivity index (χ1n) is 8.22. The second-order valence-electron chi connectivity index (χ2n) is 7.04. The summed E-state index contributed by atoms with van der Waals surface area (Å²) in [5.74, 6) is 0.321. The molecular weight excluding hydrogens is 292 g/mol. The number of aromatic nitrogens is 3. The average molecular weight is 317 g/mol. The third kappa shape index (κ3) is 3.08. The van der Waals surface area contributed by atoms with Crippen molar-refractivity contribution in [3.05, 3.63) is 23.7 Å². The van der Waals surface area contributed by atoms with Crippen molar-refractivity contribution < 1.29 is 14.5 Å². The highest BCUT2D eigenvalue weighted by Gasteiger charge is 2.31. The van der Waals surface area contributed by atoms with Crippen LogP contribution in [0.1, 0.15) is 62.0 Å². The van der Waals surface area contributed by atoms with E-state index in [-0.39, 0.29) is 11.9 Å². The van der Waals surface area contributed by atoms with E-state index in [1.165, 1.54) is 12.8 Å². The topological polar surface area (TPSA) is 81.9 Å². The van der Waals surface area contributed by atoms with Crippen LogP contribution in [0, 0.1) is 0 Å². The van der Waals surface area contributed by atoms with Crippen LogP contribution >= 0.6 is 0 Å². The molecule has 124 valence electrons. The molecule has 1 amide bonds. The Hall–Kier alpha value is -1.95. The Balaban J connectivity index is 1.94. The molecule has 6 heteroatoms. The number of rotatable bonds is 5. The van der Waals surface area contributed by atoms with Crippen LogP contribution in [0.2, 0.25) is 0 Å². The Bertz CT molecular complexity index is 741. The van der Waals surface area contributed by atoms with E-state index in [9.17, 15) is 9.90 Å². The summed E-state index contributed by atoms with van der Waals surface area (Å²) in [6.45, 7) is 5.36. The van der Waals surface area contributed by atoms with E-state index in [1.807, 2.05) is 24.7 Å². The van der Waals surface area contributed by atoms with Gasteiger partial charge in [0.05, 0.1) is 24.4 Å². The van der Waals surface area contributed by atoms with E-state index in [0.717, 1.165) is 11.3 Å². The first kappa shape index (κ1) is 15.9. The molecule has 1 fully saturated rings. The lowest BCUT2D eigenvalue weighted by atomic mass is 9.96. The highest BCUT2D eigenvalue weighted by molar-refractivity contribution is 6.04. The molecule has 1 aliphatic rings. The number of carbonyl (C=O) groups is 1. The SMILES string of the molecule is CCC(NC(=O)c1c[nH]c2c1nc(C1CC1)c[n+]2C)C(C)(C)O. The summed E-state index contributed by atoms with van der Waals surface area (Å²) in [5.41, 5.74) is 2.13. The number of aliphatic hydroxyl groups is 1. The van der Waals surface area contributed by atoms with E-state index in [1.54, 1.807) is 20.0 Å². The van der Waals surface area contributed by atoms with Gasteiger partial charge in [-0.3, -0.25) is 4.79 Å². The Kier molecular flexibility index (Phi) is 3.88. The zero-order valence-electron chi connectivity index (χ0n) is 14.2. The monoisotopic (exact) mass is 317 g/mol. The van der Waals surface area contributed by atoms with Gasteiger partial charge in [0, 0.05) is 5.92 Å². The van der Waals surface area contributed by atoms with Crippen LogP contribution in [-0.2, 0) is 7.05 Å². The quantitative estimate of drug-likeness (QED) is 0.732. The van der Waals surface area contributed by atoms with Crippen LogP contribution in [0.4, 0.5) is 0 Å². The fourth-order valence-electron chi connectivity index (χ4n) is 2.97. The third-order valence-corrected chi connectivity index (χ3v) is 4.56. The van der Waals surface area contributed by atoms with Gasteiger partial charge in [-0.2, -0.15) is 0 Å². The summed E-state index contributed by atoms with van der Waals surface area (Å²) >= 11 is 0. The van der Waals surface area contributed by atoms with Crippen molar-refractivity contribution in [2.45, 2.75) is 57.6 Å². The van der Waals surface area contributed by atoms with Crippen molar-refractivity contribution in [3.63, 3.8) is 0 Å². The Morgan fingerprint density at radius 3 is 2.83 bits per heavy atom. The second-order valence-corrected chi connectivity index (χ2v) is 7.04. The fourth-order valence-corrected chi connectivity index (χ4v) is 2.97. The zero-order valence-corrected chi connectivity index (χ0v) is 14.2. The molecule has 0 aromatic carbocycles. The van der Waals surface area contributed by atoms with Crippen LogP contribution in [-0.4, -0.2) is 32.6 Å². The zero-order chi connectivity index (χ0) is 16.8. The van der Waals surface area contributed by atoms with Gasteiger partial charge in [0.2, 0.25) is 0 Å². The van der Waals surface area contributed by atoms with Gasteiger partial charge in [-0.05, 0) is 33.1 Å². The molecule has 1 aliphatic carbocycles. The molecule has 1 saturated carbocycles. The van der Waals surface area contributed by atoms with Crippen LogP contribution < -0.4 is 9.88 Å². The lowest BCUT2D eigenvalue weighted by Crippen LogP contribution is -2.48. The molecule has 0 bridgehead atoms. The maximum Gasteiger partial charge on any atom is 0.306 e. The van der Waals surface area contributed by atoms with Crippen LogP contribution in [0.3, 0.4) is 0 Å². The van der Waals surface area contributed by atoms with Gasteiger partial charge in [0.25, 0.3) is 5.91 Å². The number of carbonyl (C=O) groups excluding carboxylic acids is 1. The molecule has 1 atom stereocenters. The van der Waals surface area contributed by atoms with E-state index in [2.05, 4.69) is 10.3 Å². The number of fused-ring (bicyclic) bond motifs is 1. The molecule has 2 heterocycles. The van der Waals surface area contributed by atoms with Crippen LogP contribution in [0.25, 0.3) is 11.2 Å². The van der Waals surface area contributed by atoms with Crippen molar-refractivity contribution in [2.75, 3.05) is 0 Å². The molecule has 0 spiro atoms. The lowest BCUT2D eigenvalue weighted by Gasteiger charge is -2.29. The van der Waals surface area contributed by atoms with Gasteiger partial charge in [-0.25, -0.2) is 14.5 Å². The first-order chi connectivity index (χ1) is 10.8. The molecule has 3 N–H and O–H groups in total. The van der Waals surface area contributed by atoms with Gasteiger partial charge in [0.1, 0.15) is 18.0 Å². The van der Waals surface area contributed by atoms with Gasteiger partial charge in [0.15, 0.2) is 5.52 Å². The number of aromatic amines is 1. The Morgan fingerprint density at radius 1 is 1.57 bits per heavy atom. The summed E-state index contributed by atoms with van der Waals surface area (Å²) in [6, 6.07) is -0.305. The smallest absolute Gasteiger partial charge is 0.306 e. The van der Waals surface area contributed by atoms with E-state index >= 15 is 0 Å². The van der Waals surface area contributed by atoms with Crippen LogP contribution in [0.15, 0.2) is 12.4 Å². The normalized spacial score (nSPS) is 16.6. The molecule has 2 aromatic rings. The molecule has 23 heavy (non-hydrogen) atoms. The summed E-state index contributed by atoms with van der Waals surface area (Å²) in [6.07, 6.45) is 6.72. The maximum atomic E-state index is 12.7. The summed E-state index contributed by atoms with van der Waals surface area (Å²) in [4.78, 5) is 20.5. The second kappa shape index (κ2) is 5.60. The maximum absolute atomic E-state index is 12.7. The van der Waals surface area contributed by atoms with Gasteiger partial charge >= 0.3 is 5.65 Å². The minimum atomic E-state index is -0.964. The molecule has 0 aliphatic heterocycles. The minimum absolute atomic E-state index is 0.203. The van der Waals surface area contributed by atoms with Crippen molar-refractivity contribution in [2.24, 2.45) is 7.05 Å². The number of H-pyrrole nitrogens is 1. The summed E-state index contributed by atoms with van der Waals surface area (Å²) in [5, 5.41) is 13.1. The van der Waals surface area contributed by atoms with Crippen molar-refractivity contribution in [3.8, 4) is 0 Å². The number of aryl methyl sites for hydroxylation is 1. The van der Waals surface area contributed by atoms with E-state index in [4.69, 9.17) is 4.98 Å².